The van der Waals surface area contributed by atoms with Gasteiger partial charge in [-0.15, -0.1) is 0 Å². The summed E-state index contributed by atoms with van der Waals surface area (Å²) in [5.74, 6) is 0.806. The van der Waals surface area contributed by atoms with Crippen molar-refractivity contribution in [2.45, 2.75) is 46.0 Å². The monoisotopic (exact) mass is 184 g/mol. The van der Waals surface area contributed by atoms with Crippen LogP contribution in [0.2, 0.25) is 0 Å². The summed E-state index contributed by atoms with van der Waals surface area (Å²) in [6.45, 7) is 4.57. The zero-order valence-corrected chi connectivity index (χ0v) is 8.71. The molecule has 2 heteroatoms. The van der Waals surface area contributed by atoms with E-state index < -0.39 is 0 Å². The van der Waals surface area contributed by atoms with Crippen LogP contribution in [0.1, 0.15) is 46.0 Å². The van der Waals surface area contributed by atoms with Gasteiger partial charge < -0.3 is 4.74 Å². The molecule has 0 amide bonds. The second-order valence-electron chi connectivity index (χ2n) is 3.81. The lowest BCUT2D eigenvalue weighted by Crippen LogP contribution is -2.28. The highest BCUT2D eigenvalue weighted by Gasteiger charge is 2.30. The molecule has 1 fully saturated rings. The van der Waals surface area contributed by atoms with E-state index in [1.165, 1.54) is 19.3 Å². The Kier molecular flexibility index (Phi) is 4.26. The average molecular weight is 184 g/mol. The van der Waals surface area contributed by atoms with E-state index in [0.717, 1.165) is 12.8 Å². The second-order valence-corrected chi connectivity index (χ2v) is 3.81. The largest absolute Gasteiger partial charge is 0.466 e. The maximum Gasteiger partial charge on any atom is 0.309 e. The Morgan fingerprint density at radius 3 is 2.62 bits per heavy atom. The van der Waals surface area contributed by atoms with E-state index in [2.05, 4.69) is 6.92 Å². The summed E-state index contributed by atoms with van der Waals surface area (Å²) >= 11 is 0. The molecule has 76 valence electrons. The van der Waals surface area contributed by atoms with Crippen molar-refractivity contribution in [3.63, 3.8) is 0 Å². The van der Waals surface area contributed by atoms with Crippen LogP contribution in [-0.4, -0.2) is 12.6 Å². The van der Waals surface area contributed by atoms with Crippen LogP contribution in [0.3, 0.4) is 0 Å². The number of rotatable bonds is 3. The number of hydrogen-bond donors (Lipinski definition) is 0. The van der Waals surface area contributed by atoms with Crippen molar-refractivity contribution in [1.29, 1.82) is 0 Å². The van der Waals surface area contributed by atoms with Crippen LogP contribution in [0.5, 0.6) is 0 Å². The molecule has 0 spiro atoms. The molecule has 1 unspecified atom stereocenters. The third-order valence-corrected chi connectivity index (χ3v) is 3.02. The second kappa shape index (κ2) is 5.25. The average Bonchev–Trinajstić information content (AvgIpc) is 2.18. The predicted molar refractivity (Wildman–Crippen MR) is 52.4 cm³/mol. The number of carbonyl (C=O) groups is 1. The van der Waals surface area contributed by atoms with Gasteiger partial charge in [0, 0.05) is 0 Å². The van der Waals surface area contributed by atoms with Gasteiger partial charge in [0.05, 0.1) is 12.5 Å². The first-order chi connectivity index (χ1) is 6.29. The van der Waals surface area contributed by atoms with Crippen molar-refractivity contribution in [3.8, 4) is 0 Å². The molecule has 0 N–H and O–H groups in total. The number of ether oxygens (including phenoxy) is 1. The van der Waals surface area contributed by atoms with Crippen LogP contribution < -0.4 is 0 Å². The molecule has 2 atom stereocenters. The third-order valence-electron chi connectivity index (χ3n) is 3.02. The van der Waals surface area contributed by atoms with E-state index in [1.54, 1.807) is 0 Å². The number of carbonyl (C=O) groups excluding carboxylic acids is 1. The van der Waals surface area contributed by atoms with Crippen molar-refractivity contribution in [2.24, 2.45) is 11.8 Å². The van der Waals surface area contributed by atoms with Gasteiger partial charge in [-0.3, -0.25) is 4.79 Å². The molecule has 1 aliphatic rings. The Morgan fingerprint density at radius 1 is 1.31 bits per heavy atom. The molecule has 0 saturated heterocycles. The van der Waals surface area contributed by atoms with Crippen molar-refractivity contribution >= 4 is 5.97 Å². The van der Waals surface area contributed by atoms with Crippen LogP contribution in [0.4, 0.5) is 0 Å². The van der Waals surface area contributed by atoms with E-state index in [-0.39, 0.29) is 11.9 Å². The Labute approximate surface area is 80.7 Å². The van der Waals surface area contributed by atoms with Crippen molar-refractivity contribution in [1.82, 2.24) is 0 Å². The maximum absolute atomic E-state index is 11.5. The van der Waals surface area contributed by atoms with Gasteiger partial charge in [0.25, 0.3) is 0 Å². The smallest absolute Gasteiger partial charge is 0.309 e. The molecule has 0 heterocycles. The number of hydrogen-bond acceptors (Lipinski definition) is 2. The molecule has 1 rings (SSSR count). The van der Waals surface area contributed by atoms with E-state index in [9.17, 15) is 4.79 Å². The zero-order chi connectivity index (χ0) is 9.68. The third kappa shape index (κ3) is 2.71. The molecule has 0 aromatic rings. The SMILES string of the molecule is CCOC(=O)C1CCCC[C@@H]1CC. The standard InChI is InChI=1S/C11H20O2/c1-3-9-7-5-6-8-10(9)11(12)13-4-2/h9-10H,3-8H2,1-2H3/t9-,10?/m0/s1. The molecule has 0 aromatic carbocycles. The Bertz CT molecular complexity index is 165. The van der Waals surface area contributed by atoms with Crippen molar-refractivity contribution < 1.29 is 9.53 Å². The van der Waals surface area contributed by atoms with Gasteiger partial charge in [-0.1, -0.05) is 26.2 Å². The fraction of sp³-hybridized carbons (Fsp3) is 0.909. The Hall–Kier alpha value is -0.530. The maximum atomic E-state index is 11.5. The quantitative estimate of drug-likeness (QED) is 0.630. The van der Waals surface area contributed by atoms with Crippen LogP contribution in [0, 0.1) is 11.8 Å². The van der Waals surface area contributed by atoms with E-state index in [4.69, 9.17) is 4.74 Å². The van der Waals surface area contributed by atoms with Gasteiger partial charge in [0.2, 0.25) is 0 Å². The zero-order valence-electron chi connectivity index (χ0n) is 8.71. The fourth-order valence-electron chi connectivity index (χ4n) is 2.26. The highest BCUT2D eigenvalue weighted by Crippen LogP contribution is 2.32. The van der Waals surface area contributed by atoms with Gasteiger partial charge in [0.1, 0.15) is 0 Å². The summed E-state index contributed by atoms with van der Waals surface area (Å²) in [6, 6.07) is 0. The number of esters is 1. The van der Waals surface area contributed by atoms with Crippen LogP contribution >= 0.6 is 0 Å². The van der Waals surface area contributed by atoms with E-state index in [0.29, 0.717) is 12.5 Å². The Morgan fingerprint density at radius 2 is 2.00 bits per heavy atom. The van der Waals surface area contributed by atoms with Crippen molar-refractivity contribution in [2.75, 3.05) is 6.61 Å². The molecule has 0 radical (unpaired) electrons. The minimum absolute atomic E-state index is 0.0362. The molecule has 1 saturated carbocycles. The molecule has 0 aliphatic heterocycles. The van der Waals surface area contributed by atoms with Gasteiger partial charge in [-0.2, -0.15) is 0 Å². The molecule has 13 heavy (non-hydrogen) atoms. The summed E-state index contributed by atoms with van der Waals surface area (Å²) in [5, 5.41) is 0. The lowest BCUT2D eigenvalue weighted by atomic mass is 9.78. The van der Waals surface area contributed by atoms with Crippen LogP contribution in [-0.2, 0) is 9.53 Å². The lowest BCUT2D eigenvalue weighted by Gasteiger charge is -2.28. The lowest BCUT2D eigenvalue weighted by molar-refractivity contribution is -0.151. The molecule has 0 bridgehead atoms. The normalized spacial score (nSPS) is 28.5. The van der Waals surface area contributed by atoms with Gasteiger partial charge in [-0.05, 0) is 25.7 Å². The first-order valence-corrected chi connectivity index (χ1v) is 5.46. The van der Waals surface area contributed by atoms with Gasteiger partial charge >= 0.3 is 5.97 Å². The Balaban J connectivity index is 2.48. The summed E-state index contributed by atoms with van der Waals surface area (Å²) in [4.78, 5) is 11.5. The highest BCUT2D eigenvalue weighted by atomic mass is 16.5. The van der Waals surface area contributed by atoms with Crippen LogP contribution in [0.15, 0.2) is 0 Å². The highest BCUT2D eigenvalue weighted by molar-refractivity contribution is 5.72. The summed E-state index contributed by atoms with van der Waals surface area (Å²) in [5.41, 5.74) is 0. The van der Waals surface area contributed by atoms with Gasteiger partial charge in [-0.25, -0.2) is 0 Å². The molecule has 2 nitrogen and oxygen atoms in total. The minimum Gasteiger partial charge on any atom is -0.466 e. The fourth-order valence-corrected chi connectivity index (χ4v) is 2.26. The summed E-state index contributed by atoms with van der Waals surface area (Å²) in [6.07, 6.45) is 5.84. The molecule has 0 aromatic heterocycles. The molecule has 1 aliphatic carbocycles. The van der Waals surface area contributed by atoms with Crippen LogP contribution in [0.25, 0.3) is 0 Å². The molecular formula is C11H20O2. The first kappa shape index (κ1) is 10.6. The summed E-state index contributed by atoms with van der Waals surface area (Å²) < 4.78 is 5.07. The van der Waals surface area contributed by atoms with E-state index >= 15 is 0 Å². The minimum atomic E-state index is 0.0362. The van der Waals surface area contributed by atoms with E-state index in [1.807, 2.05) is 6.92 Å². The van der Waals surface area contributed by atoms with Gasteiger partial charge in [0.15, 0.2) is 0 Å². The topological polar surface area (TPSA) is 26.3 Å². The predicted octanol–water partition coefficient (Wildman–Crippen LogP) is 2.77. The summed E-state index contributed by atoms with van der Waals surface area (Å²) in [7, 11) is 0. The van der Waals surface area contributed by atoms with Crippen molar-refractivity contribution in [3.05, 3.63) is 0 Å². The molecular weight excluding hydrogens is 164 g/mol. The first-order valence-electron chi connectivity index (χ1n) is 5.46.